The number of aryl methyl sites for hydroxylation is 1. The Kier molecular flexibility index (Phi) is 4.16. The quantitative estimate of drug-likeness (QED) is 0.834. The molecular formula is C18H27N3O2. The molecular weight excluding hydrogens is 290 g/mol. The highest BCUT2D eigenvalue weighted by Crippen LogP contribution is 2.33. The molecule has 0 spiro atoms. The van der Waals surface area contributed by atoms with Crippen LogP contribution >= 0.6 is 0 Å². The van der Waals surface area contributed by atoms with E-state index >= 15 is 0 Å². The summed E-state index contributed by atoms with van der Waals surface area (Å²) in [5.41, 5.74) is 0.792. The van der Waals surface area contributed by atoms with Crippen molar-refractivity contribution in [3.05, 3.63) is 24.0 Å². The second-order valence-electron chi connectivity index (χ2n) is 7.26. The molecule has 1 aromatic rings. The summed E-state index contributed by atoms with van der Waals surface area (Å²) in [5.74, 6) is 0.665. The van der Waals surface area contributed by atoms with Gasteiger partial charge in [0.05, 0.1) is 12.1 Å². The molecule has 3 saturated heterocycles. The Morgan fingerprint density at radius 3 is 2.78 bits per heavy atom. The van der Waals surface area contributed by atoms with Crippen molar-refractivity contribution in [3.63, 3.8) is 0 Å². The van der Waals surface area contributed by atoms with Crippen LogP contribution in [0, 0.1) is 5.92 Å². The highest BCUT2D eigenvalue weighted by atomic mass is 16.5. The fourth-order valence-corrected chi connectivity index (χ4v) is 4.58. The summed E-state index contributed by atoms with van der Waals surface area (Å²) in [6, 6.07) is 4.25. The van der Waals surface area contributed by atoms with E-state index in [1.807, 2.05) is 29.9 Å². The second kappa shape index (κ2) is 6.29. The van der Waals surface area contributed by atoms with Crippen molar-refractivity contribution in [2.45, 2.75) is 37.8 Å². The van der Waals surface area contributed by atoms with Crippen molar-refractivity contribution in [1.29, 1.82) is 0 Å². The molecule has 0 saturated carbocycles. The van der Waals surface area contributed by atoms with Crippen LogP contribution in [0.15, 0.2) is 18.3 Å². The molecule has 0 aliphatic carbocycles. The van der Waals surface area contributed by atoms with E-state index < -0.39 is 0 Å². The maximum Gasteiger partial charge on any atom is 0.270 e. The molecule has 0 N–H and O–H groups in total. The van der Waals surface area contributed by atoms with E-state index in [0.29, 0.717) is 18.1 Å². The van der Waals surface area contributed by atoms with Gasteiger partial charge in [-0.15, -0.1) is 0 Å². The number of nitrogens with zero attached hydrogens (tertiary/aromatic N) is 3. The van der Waals surface area contributed by atoms with Crippen LogP contribution in [0.4, 0.5) is 0 Å². The van der Waals surface area contributed by atoms with Crippen LogP contribution in [0.2, 0.25) is 0 Å². The number of piperidine rings is 1. The van der Waals surface area contributed by atoms with Gasteiger partial charge in [0, 0.05) is 38.9 Å². The third-order valence-corrected chi connectivity index (χ3v) is 5.80. The predicted molar refractivity (Wildman–Crippen MR) is 88.4 cm³/mol. The molecule has 4 heterocycles. The minimum absolute atomic E-state index is 0.172. The largest absolute Gasteiger partial charge is 0.376 e. The number of carbonyl (C=O) groups is 1. The van der Waals surface area contributed by atoms with Gasteiger partial charge in [-0.2, -0.15) is 0 Å². The van der Waals surface area contributed by atoms with Gasteiger partial charge >= 0.3 is 0 Å². The molecule has 23 heavy (non-hydrogen) atoms. The van der Waals surface area contributed by atoms with Crippen molar-refractivity contribution in [2.24, 2.45) is 13.0 Å². The van der Waals surface area contributed by atoms with Crippen LogP contribution in [-0.2, 0) is 11.8 Å². The van der Waals surface area contributed by atoms with Crippen LogP contribution in [0.5, 0.6) is 0 Å². The smallest absolute Gasteiger partial charge is 0.270 e. The Morgan fingerprint density at radius 2 is 2.04 bits per heavy atom. The van der Waals surface area contributed by atoms with Crippen molar-refractivity contribution in [3.8, 4) is 0 Å². The predicted octanol–water partition coefficient (Wildman–Crippen LogP) is 1.74. The Labute approximate surface area is 138 Å². The van der Waals surface area contributed by atoms with Gasteiger partial charge in [0.2, 0.25) is 0 Å². The van der Waals surface area contributed by atoms with Gasteiger partial charge in [-0.25, -0.2) is 0 Å². The topological polar surface area (TPSA) is 37.7 Å². The average Bonchev–Trinajstić information content (AvgIpc) is 3.24. The van der Waals surface area contributed by atoms with Gasteiger partial charge in [0.15, 0.2) is 0 Å². The van der Waals surface area contributed by atoms with Crippen LogP contribution in [0.25, 0.3) is 0 Å². The number of likely N-dealkylation sites (tertiary alicyclic amines) is 2. The van der Waals surface area contributed by atoms with Crippen molar-refractivity contribution < 1.29 is 9.53 Å². The number of rotatable bonds is 2. The van der Waals surface area contributed by atoms with Gasteiger partial charge in [0.1, 0.15) is 5.69 Å². The Balaban J connectivity index is 1.56. The average molecular weight is 317 g/mol. The molecule has 1 aromatic heterocycles. The van der Waals surface area contributed by atoms with Gasteiger partial charge in [0.25, 0.3) is 5.91 Å². The maximum atomic E-state index is 13.0. The lowest BCUT2D eigenvalue weighted by Crippen LogP contribution is -2.61. The first kappa shape index (κ1) is 15.2. The summed E-state index contributed by atoms with van der Waals surface area (Å²) in [6.45, 7) is 4.86. The molecule has 0 unspecified atom stereocenters. The minimum atomic E-state index is 0.172. The van der Waals surface area contributed by atoms with Gasteiger partial charge in [-0.1, -0.05) is 0 Å². The summed E-state index contributed by atoms with van der Waals surface area (Å²) in [7, 11) is 1.95. The van der Waals surface area contributed by atoms with Crippen LogP contribution in [-0.4, -0.2) is 65.2 Å². The van der Waals surface area contributed by atoms with E-state index in [9.17, 15) is 4.79 Å². The number of aromatic nitrogens is 1. The van der Waals surface area contributed by atoms with E-state index in [1.54, 1.807) is 0 Å². The Morgan fingerprint density at radius 1 is 1.22 bits per heavy atom. The third kappa shape index (κ3) is 2.81. The number of fused-ring (bicyclic) bond motifs is 1. The highest BCUT2D eigenvalue weighted by Gasteiger charge is 2.43. The number of ether oxygens (including phenoxy) is 1. The molecule has 3 fully saturated rings. The zero-order valence-electron chi connectivity index (χ0n) is 14.0. The van der Waals surface area contributed by atoms with Crippen molar-refractivity contribution >= 4 is 5.91 Å². The van der Waals surface area contributed by atoms with E-state index in [1.165, 1.54) is 19.3 Å². The number of hydrogen-bond acceptors (Lipinski definition) is 3. The number of hydrogen-bond donors (Lipinski definition) is 0. The first-order valence-corrected chi connectivity index (χ1v) is 9.00. The zero-order valence-corrected chi connectivity index (χ0v) is 14.0. The van der Waals surface area contributed by atoms with Crippen LogP contribution in [0.3, 0.4) is 0 Å². The van der Waals surface area contributed by atoms with Crippen LogP contribution in [0.1, 0.15) is 36.2 Å². The van der Waals surface area contributed by atoms with Gasteiger partial charge in [-0.05, 0) is 50.9 Å². The summed E-state index contributed by atoms with van der Waals surface area (Å²) in [5, 5.41) is 0. The fourth-order valence-electron chi connectivity index (χ4n) is 4.58. The molecule has 0 radical (unpaired) electrons. The van der Waals surface area contributed by atoms with E-state index in [0.717, 1.165) is 44.9 Å². The molecule has 3 aliphatic rings. The molecule has 3 aliphatic heterocycles. The van der Waals surface area contributed by atoms with Crippen molar-refractivity contribution in [2.75, 3.05) is 32.8 Å². The highest BCUT2D eigenvalue weighted by molar-refractivity contribution is 5.92. The standard InChI is InChI=1S/C18H27N3O2/c1-19-8-4-7-15(19)18(22)21-12-14-6-5-11-23-17(14)16(13-21)20-9-2-3-10-20/h4,7-8,14,16-17H,2-3,5-6,9-13H2,1H3/t14-,16+,17-/m0/s1. The minimum Gasteiger partial charge on any atom is -0.376 e. The molecule has 1 amide bonds. The molecule has 0 aromatic carbocycles. The van der Waals surface area contributed by atoms with Crippen molar-refractivity contribution in [1.82, 2.24) is 14.4 Å². The van der Waals surface area contributed by atoms with E-state index in [2.05, 4.69) is 9.80 Å². The monoisotopic (exact) mass is 317 g/mol. The van der Waals surface area contributed by atoms with Gasteiger partial charge < -0.3 is 14.2 Å². The summed E-state index contributed by atoms with van der Waals surface area (Å²) >= 11 is 0. The lowest BCUT2D eigenvalue weighted by molar-refractivity contribution is -0.104. The number of amides is 1. The van der Waals surface area contributed by atoms with E-state index in [-0.39, 0.29) is 5.91 Å². The summed E-state index contributed by atoms with van der Waals surface area (Å²) < 4.78 is 8.09. The molecule has 126 valence electrons. The second-order valence-corrected chi connectivity index (χ2v) is 7.26. The first-order chi connectivity index (χ1) is 11.2. The normalized spacial score (nSPS) is 32.0. The lowest BCUT2D eigenvalue weighted by Gasteiger charge is -2.48. The SMILES string of the molecule is Cn1cccc1C(=O)N1C[C@@H]2CCCO[C@@H]2[C@H](N2CCCC2)C1. The fraction of sp³-hybridized carbons (Fsp3) is 0.722. The van der Waals surface area contributed by atoms with Crippen LogP contribution < -0.4 is 0 Å². The summed E-state index contributed by atoms with van der Waals surface area (Å²) in [6.07, 6.45) is 7.13. The summed E-state index contributed by atoms with van der Waals surface area (Å²) in [4.78, 5) is 17.6. The molecule has 5 heteroatoms. The lowest BCUT2D eigenvalue weighted by atomic mass is 9.84. The number of carbonyl (C=O) groups excluding carboxylic acids is 1. The maximum absolute atomic E-state index is 13.0. The molecule has 4 rings (SSSR count). The molecule has 0 bridgehead atoms. The first-order valence-electron chi connectivity index (χ1n) is 9.00. The zero-order chi connectivity index (χ0) is 15.8. The third-order valence-electron chi connectivity index (χ3n) is 5.80. The van der Waals surface area contributed by atoms with E-state index in [4.69, 9.17) is 4.74 Å². The Bertz CT molecular complexity index is 564. The molecule has 5 nitrogen and oxygen atoms in total. The van der Waals surface area contributed by atoms with Gasteiger partial charge in [-0.3, -0.25) is 9.69 Å². The molecule has 3 atom stereocenters. The Hall–Kier alpha value is -1.33.